The summed E-state index contributed by atoms with van der Waals surface area (Å²) >= 11 is 0. The maximum Gasteiger partial charge on any atom is 0.358 e. The number of ether oxygens (including phenoxy) is 1. The van der Waals surface area contributed by atoms with Crippen LogP contribution in [0.4, 0.5) is 5.82 Å². The van der Waals surface area contributed by atoms with Crippen molar-refractivity contribution in [1.29, 1.82) is 0 Å². The molecular formula is C18H17N3O4S. The van der Waals surface area contributed by atoms with Gasteiger partial charge in [-0.1, -0.05) is 36.4 Å². The number of hydrogen-bond acceptors (Lipinski definition) is 5. The van der Waals surface area contributed by atoms with E-state index >= 15 is 0 Å². The topological polar surface area (TPSA) is 90.3 Å². The molecular weight excluding hydrogens is 354 g/mol. The minimum absolute atomic E-state index is 0.0152. The first kappa shape index (κ1) is 17.7. The Balaban J connectivity index is 2.04. The fourth-order valence-corrected chi connectivity index (χ4v) is 3.37. The van der Waals surface area contributed by atoms with Crippen molar-refractivity contribution in [3.8, 4) is 5.69 Å². The van der Waals surface area contributed by atoms with Crippen LogP contribution in [-0.2, 0) is 14.8 Å². The summed E-state index contributed by atoms with van der Waals surface area (Å²) in [6.07, 6.45) is 0. The number of anilines is 1. The van der Waals surface area contributed by atoms with Crippen molar-refractivity contribution >= 4 is 21.8 Å². The van der Waals surface area contributed by atoms with Crippen LogP contribution in [0.25, 0.3) is 5.69 Å². The molecule has 0 spiro atoms. The number of hydrogen-bond donors (Lipinski definition) is 1. The van der Waals surface area contributed by atoms with E-state index in [1.165, 1.54) is 22.9 Å². The number of esters is 1. The van der Waals surface area contributed by atoms with Gasteiger partial charge in [0.1, 0.15) is 5.82 Å². The van der Waals surface area contributed by atoms with Gasteiger partial charge in [0.25, 0.3) is 10.0 Å². The smallest absolute Gasteiger partial charge is 0.358 e. The highest BCUT2D eigenvalue weighted by atomic mass is 32.2. The van der Waals surface area contributed by atoms with Crippen LogP contribution in [0.3, 0.4) is 0 Å². The van der Waals surface area contributed by atoms with Gasteiger partial charge in [0.05, 0.1) is 17.2 Å². The number of carbonyl (C=O) groups excluding carboxylic acids is 1. The lowest BCUT2D eigenvalue weighted by atomic mass is 10.3. The first-order valence-electron chi connectivity index (χ1n) is 7.92. The van der Waals surface area contributed by atoms with Gasteiger partial charge in [-0.05, 0) is 31.2 Å². The maximum absolute atomic E-state index is 12.6. The summed E-state index contributed by atoms with van der Waals surface area (Å²) in [5.74, 6) is -0.481. The van der Waals surface area contributed by atoms with Gasteiger partial charge in [-0.3, -0.25) is 4.72 Å². The first-order valence-corrected chi connectivity index (χ1v) is 9.40. The summed E-state index contributed by atoms with van der Waals surface area (Å²) in [5.41, 5.74) is 0.621. The van der Waals surface area contributed by atoms with Crippen molar-refractivity contribution in [3.05, 3.63) is 72.4 Å². The molecule has 3 aromatic rings. The highest BCUT2D eigenvalue weighted by Crippen LogP contribution is 2.21. The molecule has 0 aliphatic carbocycles. The Morgan fingerprint density at radius 1 is 1.08 bits per heavy atom. The molecule has 1 aromatic heterocycles. The molecule has 2 aromatic carbocycles. The second-order valence-corrected chi connectivity index (χ2v) is 6.98. The molecule has 134 valence electrons. The molecule has 0 fully saturated rings. The van der Waals surface area contributed by atoms with Crippen LogP contribution in [0, 0.1) is 0 Å². The van der Waals surface area contributed by atoms with Crippen molar-refractivity contribution in [2.75, 3.05) is 11.3 Å². The molecule has 0 saturated carbocycles. The van der Waals surface area contributed by atoms with E-state index in [2.05, 4.69) is 9.82 Å². The van der Waals surface area contributed by atoms with Gasteiger partial charge >= 0.3 is 5.97 Å². The molecule has 0 amide bonds. The summed E-state index contributed by atoms with van der Waals surface area (Å²) in [6, 6.07) is 18.2. The Kier molecular flexibility index (Phi) is 5.04. The van der Waals surface area contributed by atoms with Crippen LogP contribution in [0.2, 0.25) is 0 Å². The van der Waals surface area contributed by atoms with Crippen molar-refractivity contribution in [1.82, 2.24) is 9.78 Å². The third kappa shape index (κ3) is 3.75. The summed E-state index contributed by atoms with van der Waals surface area (Å²) in [6.45, 7) is 1.88. The predicted octanol–water partition coefficient (Wildman–Crippen LogP) is 2.85. The minimum atomic E-state index is -3.83. The van der Waals surface area contributed by atoms with E-state index in [1.54, 1.807) is 49.4 Å². The molecule has 1 N–H and O–H groups in total. The van der Waals surface area contributed by atoms with Gasteiger partial charge in [-0.15, -0.1) is 0 Å². The van der Waals surface area contributed by atoms with E-state index in [-0.39, 0.29) is 23.0 Å². The minimum Gasteiger partial charge on any atom is -0.461 e. The largest absolute Gasteiger partial charge is 0.461 e. The van der Waals surface area contributed by atoms with Gasteiger partial charge in [0.2, 0.25) is 0 Å². The number of para-hydroxylation sites is 1. The monoisotopic (exact) mass is 371 g/mol. The molecule has 0 atom stereocenters. The molecule has 0 aliphatic rings. The Bertz CT molecular complexity index is 999. The van der Waals surface area contributed by atoms with Crippen LogP contribution in [0.5, 0.6) is 0 Å². The molecule has 0 bridgehead atoms. The van der Waals surface area contributed by atoms with Crippen molar-refractivity contribution in [2.45, 2.75) is 11.8 Å². The fourth-order valence-electron chi connectivity index (χ4n) is 2.32. The average Bonchev–Trinajstić information content (AvgIpc) is 3.07. The van der Waals surface area contributed by atoms with E-state index in [0.29, 0.717) is 5.69 Å². The standard InChI is InChI=1S/C18H17N3O4S/c1-2-25-18(22)16-13-17(21(19-16)14-9-5-3-6-10-14)20-26(23,24)15-11-7-4-8-12-15/h3-13,20H,2H2,1H3. The molecule has 1 heterocycles. The third-order valence-corrected chi connectivity index (χ3v) is 4.86. The molecule has 0 saturated heterocycles. The number of rotatable bonds is 6. The number of benzene rings is 2. The molecule has 3 rings (SSSR count). The van der Waals surface area contributed by atoms with Crippen LogP contribution in [-0.4, -0.2) is 30.8 Å². The van der Waals surface area contributed by atoms with Gasteiger partial charge in [-0.2, -0.15) is 5.10 Å². The van der Waals surface area contributed by atoms with Crippen LogP contribution in [0.15, 0.2) is 71.6 Å². The third-order valence-electron chi connectivity index (χ3n) is 3.49. The summed E-state index contributed by atoms with van der Waals surface area (Å²) in [4.78, 5) is 12.1. The highest BCUT2D eigenvalue weighted by molar-refractivity contribution is 7.92. The van der Waals surface area contributed by atoms with E-state index in [9.17, 15) is 13.2 Å². The molecule has 0 radical (unpaired) electrons. The Labute approximate surface area is 151 Å². The average molecular weight is 371 g/mol. The normalized spacial score (nSPS) is 11.1. The first-order chi connectivity index (χ1) is 12.5. The zero-order valence-corrected chi connectivity index (χ0v) is 14.8. The molecule has 26 heavy (non-hydrogen) atoms. The highest BCUT2D eigenvalue weighted by Gasteiger charge is 2.21. The van der Waals surface area contributed by atoms with E-state index < -0.39 is 16.0 Å². The number of nitrogens with zero attached hydrogens (tertiary/aromatic N) is 2. The maximum atomic E-state index is 12.6. The molecule has 8 heteroatoms. The molecule has 0 unspecified atom stereocenters. The molecule has 7 nitrogen and oxygen atoms in total. The lowest BCUT2D eigenvalue weighted by Gasteiger charge is -2.10. The summed E-state index contributed by atoms with van der Waals surface area (Å²) < 4.78 is 34.0. The number of aromatic nitrogens is 2. The van der Waals surface area contributed by atoms with Crippen LogP contribution in [0.1, 0.15) is 17.4 Å². The van der Waals surface area contributed by atoms with Crippen LogP contribution < -0.4 is 4.72 Å². The second kappa shape index (κ2) is 7.40. The predicted molar refractivity (Wildman–Crippen MR) is 96.8 cm³/mol. The van der Waals surface area contributed by atoms with Crippen molar-refractivity contribution in [2.24, 2.45) is 0 Å². The number of nitrogens with one attached hydrogen (secondary N) is 1. The van der Waals surface area contributed by atoms with E-state index in [4.69, 9.17) is 4.74 Å². The van der Waals surface area contributed by atoms with Crippen LogP contribution >= 0.6 is 0 Å². The van der Waals surface area contributed by atoms with E-state index in [0.717, 1.165) is 0 Å². The Morgan fingerprint density at radius 2 is 1.69 bits per heavy atom. The number of carbonyl (C=O) groups is 1. The van der Waals surface area contributed by atoms with Gasteiger partial charge in [0, 0.05) is 6.07 Å². The Morgan fingerprint density at radius 3 is 2.31 bits per heavy atom. The van der Waals surface area contributed by atoms with Gasteiger partial charge < -0.3 is 4.74 Å². The zero-order valence-electron chi connectivity index (χ0n) is 14.0. The van der Waals surface area contributed by atoms with Gasteiger partial charge in [-0.25, -0.2) is 17.9 Å². The fraction of sp³-hybridized carbons (Fsp3) is 0.111. The second-order valence-electron chi connectivity index (χ2n) is 5.30. The van der Waals surface area contributed by atoms with E-state index in [1.807, 2.05) is 6.07 Å². The van der Waals surface area contributed by atoms with Crippen molar-refractivity contribution in [3.63, 3.8) is 0 Å². The Hall–Kier alpha value is -3.13. The quantitative estimate of drug-likeness (QED) is 0.673. The van der Waals surface area contributed by atoms with Gasteiger partial charge in [0.15, 0.2) is 5.69 Å². The molecule has 0 aliphatic heterocycles. The summed E-state index contributed by atoms with van der Waals surface area (Å²) in [5, 5.41) is 4.19. The lowest BCUT2D eigenvalue weighted by Crippen LogP contribution is -2.15. The van der Waals surface area contributed by atoms with Crippen molar-refractivity contribution < 1.29 is 17.9 Å². The lowest BCUT2D eigenvalue weighted by molar-refractivity contribution is 0.0519. The number of sulfonamides is 1. The SMILES string of the molecule is CCOC(=O)c1cc(NS(=O)(=O)c2ccccc2)n(-c2ccccc2)n1. The summed E-state index contributed by atoms with van der Waals surface area (Å²) in [7, 11) is -3.83. The zero-order chi connectivity index (χ0) is 18.6.